The summed E-state index contributed by atoms with van der Waals surface area (Å²) in [5.74, 6) is 0. The van der Waals surface area contributed by atoms with Crippen LogP contribution in [-0.4, -0.2) is 98.5 Å². The Morgan fingerprint density at radius 2 is 0.800 bits per heavy atom. The number of hydrogen-bond donors (Lipinski definition) is 0. The predicted octanol–water partition coefficient (Wildman–Crippen LogP) is -2.75. The molecule has 0 amide bonds. The summed E-state index contributed by atoms with van der Waals surface area (Å²) >= 11 is 0. The summed E-state index contributed by atoms with van der Waals surface area (Å²) in [6, 6.07) is 0. The monoisotopic (exact) mass is 229 g/mol. The van der Waals surface area contributed by atoms with E-state index >= 15 is 0 Å². The van der Waals surface area contributed by atoms with E-state index < -0.39 is 0 Å². The summed E-state index contributed by atoms with van der Waals surface area (Å²) in [5, 5.41) is 0. The van der Waals surface area contributed by atoms with Crippen molar-refractivity contribution in [2.24, 2.45) is 0 Å². The Kier molecular flexibility index (Phi) is 162. The smallest absolute Gasteiger partial charge is 0 e. The third-order valence-corrected chi connectivity index (χ3v) is 0. The first kappa shape index (κ1) is 34.2. The molecule has 0 nitrogen and oxygen atoms in total. The van der Waals surface area contributed by atoms with Crippen molar-refractivity contribution in [3.8, 4) is 0 Å². The largest absolute Gasteiger partial charge is 0.316 e. The molecule has 5 heteroatoms. The van der Waals surface area contributed by atoms with E-state index in [1.165, 1.54) is 0 Å². The SMILES string of the molecule is [CaH2].[CaH2].[MgH2].[Mn].[Zn]. The molecule has 0 aromatic rings. The second-order valence-corrected chi connectivity index (χ2v) is 0. The van der Waals surface area contributed by atoms with Crippen molar-refractivity contribution in [2.75, 3.05) is 0 Å². The molecule has 1 radical (unpaired) electrons. The molecule has 0 aliphatic rings. The predicted molar refractivity (Wildman–Crippen MR) is 25.6 cm³/mol. The molecule has 0 aliphatic heterocycles. The van der Waals surface area contributed by atoms with Crippen LogP contribution in [0, 0.1) is 0 Å². The molecule has 0 bridgehead atoms. The molecule has 0 saturated heterocycles. The first-order chi connectivity index (χ1) is 0. The van der Waals surface area contributed by atoms with Crippen LogP contribution in [0.3, 0.4) is 0 Å². The van der Waals surface area contributed by atoms with Gasteiger partial charge in [0.25, 0.3) is 0 Å². The Hall–Kier alpha value is 4.43. The third kappa shape index (κ3) is 17.8. The summed E-state index contributed by atoms with van der Waals surface area (Å²) in [4.78, 5) is 0. The minimum atomic E-state index is 0. The topological polar surface area (TPSA) is 0 Å². The molecule has 0 aliphatic carbocycles. The Labute approximate surface area is 131 Å². The summed E-state index contributed by atoms with van der Waals surface area (Å²) < 4.78 is 0. The molecule has 0 saturated carbocycles. The molecule has 0 aromatic carbocycles. The molecule has 21 valence electrons. The third-order valence-electron chi connectivity index (χ3n) is 0. The van der Waals surface area contributed by atoms with Crippen molar-refractivity contribution in [2.45, 2.75) is 0 Å². The van der Waals surface area contributed by atoms with Gasteiger partial charge in [-0.3, -0.25) is 0 Å². The second kappa shape index (κ2) is 23.7. The fourth-order valence-electron chi connectivity index (χ4n) is 0. The van der Waals surface area contributed by atoms with Crippen LogP contribution >= 0.6 is 0 Å². The van der Waals surface area contributed by atoms with E-state index in [0.29, 0.717) is 0 Å². The Balaban J connectivity index is 0. The van der Waals surface area contributed by atoms with Gasteiger partial charge in [-0.15, -0.1) is 0 Å². The molecule has 5 heavy (non-hydrogen) atoms. The van der Waals surface area contributed by atoms with E-state index in [0.717, 1.165) is 0 Å². The minimum Gasteiger partial charge on any atom is 0 e. The maximum atomic E-state index is 0. The van der Waals surface area contributed by atoms with E-state index in [2.05, 4.69) is 0 Å². The molecule has 0 aromatic heterocycles. The van der Waals surface area contributed by atoms with E-state index in [1.54, 1.807) is 0 Å². The maximum absolute atomic E-state index is 0. The molecule has 0 spiro atoms. The average Bonchev–Trinajstić information content (AvgIpc) is 0. The van der Waals surface area contributed by atoms with Gasteiger partial charge in [0.2, 0.25) is 0 Å². The molecule has 0 fully saturated rings. The number of hydrogen-bond acceptors (Lipinski definition) is 0. The van der Waals surface area contributed by atoms with Gasteiger partial charge in [0, 0.05) is 36.5 Å². The minimum absolute atomic E-state index is 0. The van der Waals surface area contributed by atoms with Gasteiger partial charge in [-0.2, -0.15) is 0 Å². The Morgan fingerprint density at radius 1 is 0.800 bits per heavy atom. The summed E-state index contributed by atoms with van der Waals surface area (Å²) in [6.45, 7) is 0. The van der Waals surface area contributed by atoms with Crippen LogP contribution in [0.4, 0.5) is 0 Å². The summed E-state index contributed by atoms with van der Waals surface area (Å²) in [5.41, 5.74) is 0. The molecular formula is H6Ca2MgMnZn. The van der Waals surface area contributed by atoms with Gasteiger partial charge in [-0.05, 0) is 0 Å². The quantitative estimate of drug-likeness (QED) is 0.396. The molecular weight excluding hydrogens is 225 g/mol. The fourth-order valence-corrected chi connectivity index (χ4v) is 0. The van der Waals surface area contributed by atoms with Gasteiger partial charge >= 0.3 is 98.5 Å². The van der Waals surface area contributed by atoms with Crippen LogP contribution in [0.15, 0.2) is 0 Å². The second-order valence-electron chi connectivity index (χ2n) is 0. The van der Waals surface area contributed by atoms with E-state index in [-0.39, 0.29) is 135 Å². The van der Waals surface area contributed by atoms with Gasteiger partial charge in [0.15, 0.2) is 0 Å². The van der Waals surface area contributed by atoms with Crippen LogP contribution < -0.4 is 0 Å². The molecule has 0 N–H and O–H groups in total. The zero-order valence-corrected chi connectivity index (χ0v) is 5.23. The van der Waals surface area contributed by atoms with Gasteiger partial charge in [-0.1, -0.05) is 0 Å². The van der Waals surface area contributed by atoms with E-state index in [1.807, 2.05) is 0 Å². The van der Waals surface area contributed by atoms with Gasteiger partial charge in [0.1, 0.15) is 0 Å². The Morgan fingerprint density at radius 3 is 0.800 bits per heavy atom. The standard InChI is InChI=1S/2Ca.Mg.Mn.Zn.6H. The normalized spacial score (nSPS) is 0. The van der Waals surface area contributed by atoms with Crippen molar-refractivity contribution < 1.29 is 36.5 Å². The molecule has 0 unspecified atom stereocenters. The van der Waals surface area contributed by atoms with Gasteiger partial charge in [0.05, 0.1) is 0 Å². The van der Waals surface area contributed by atoms with Crippen molar-refractivity contribution >= 4 is 98.5 Å². The van der Waals surface area contributed by atoms with Crippen molar-refractivity contribution in [3.05, 3.63) is 0 Å². The molecule has 0 rings (SSSR count). The van der Waals surface area contributed by atoms with Crippen molar-refractivity contribution in [1.82, 2.24) is 0 Å². The maximum Gasteiger partial charge on any atom is 0.316 e. The van der Waals surface area contributed by atoms with Crippen LogP contribution in [0.2, 0.25) is 0 Å². The van der Waals surface area contributed by atoms with E-state index in [4.69, 9.17) is 0 Å². The van der Waals surface area contributed by atoms with Gasteiger partial charge in [-0.25, -0.2) is 0 Å². The van der Waals surface area contributed by atoms with Crippen molar-refractivity contribution in [1.29, 1.82) is 0 Å². The van der Waals surface area contributed by atoms with Crippen LogP contribution in [-0.2, 0) is 36.5 Å². The first-order valence-electron chi connectivity index (χ1n) is 0. The first-order valence-corrected chi connectivity index (χ1v) is 0. The average molecular weight is 231 g/mol. The van der Waals surface area contributed by atoms with Gasteiger partial charge < -0.3 is 0 Å². The zero-order chi connectivity index (χ0) is 0. The Bertz CT molecular complexity index is 9.61. The molecule has 0 atom stereocenters. The summed E-state index contributed by atoms with van der Waals surface area (Å²) in [6.07, 6.45) is 0. The fraction of sp³-hybridized carbons (Fsp3) is 0. The van der Waals surface area contributed by atoms with Crippen LogP contribution in [0.1, 0.15) is 0 Å². The van der Waals surface area contributed by atoms with Crippen LogP contribution in [0.5, 0.6) is 0 Å². The van der Waals surface area contributed by atoms with E-state index in [9.17, 15) is 0 Å². The summed E-state index contributed by atoms with van der Waals surface area (Å²) in [7, 11) is 0. The molecule has 0 heterocycles. The van der Waals surface area contributed by atoms with Crippen molar-refractivity contribution in [3.63, 3.8) is 0 Å². The van der Waals surface area contributed by atoms with Crippen LogP contribution in [0.25, 0.3) is 0 Å². The zero-order valence-electron chi connectivity index (χ0n) is 1.09. The number of rotatable bonds is 0.